The number of piperidine rings is 1. The van der Waals surface area contributed by atoms with Gasteiger partial charge in [0.15, 0.2) is 5.01 Å². The number of rotatable bonds is 7. The van der Waals surface area contributed by atoms with Gasteiger partial charge in [0.2, 0.25) is 11.0 Å². The zero-order chi connectivity index (χ0) is 29.0. The van der Waals surface area contributed by atoms with Crippen LogP contribution in [0.5, 0.6) is 0 Å². The molecule has 4 aromatic heterocycles. The van der Waals surface area contributed by atoms with Crippen LogP contribution in [0.1, 0.15) is 39.2 Å². The van der Waals surface area contributed by atoms with Crippen molar-refractivity contribution in [1.82, 2.24) is 30.1 Å². The van der Waals surface area contributed by atoms with Crippen LogP contribution in [0.4, 0.5) is 10.8 Å². The number of anilines is 2. The summed E-state index contributed by atoms with van der Waals surface area (Å²) in [5, 5.41) is 31.5. The summed E-state index contributed by atoms with van der Waals surface area (Å²) >= 11 is 1.58. The van der Waals surface area contributed by atoms with Crippen LogP contribution in [0.25, 0.3) is 27.5 Å². The molecule has 2 saturated heterocycles. The van der Waals surface area contributed by atoms with Crippen molar-refractivity contribution >= 4 is 33.6 Å². The second kappa shape index (κ2) is 10.3. The fourth-order valence-electron chi connectivity index (χ4n) is 6.38. The summed E-state index contributed by atoms with van der Waals surface area (Å²) in [6.45, 7) is 8.92. The first kappa shape index (κ1) is 26.8. The van der Waals surface area contributed by atoms with Crippen molar-refractivity contribution in [2.75, 3.05) is 36.5 Å². The normalized spacial score (nSPS) is 22.6. The monoisotopic (exact) mass is 583 g/mol. The molecular formula is C30H33N9O2S. The second-order valence-corrected chi connectivity index (χ2v) is 13.2. The average molecular weight is 584 g/mol. The maximum atomic E-state index is 12.9. The van der Waals surface area contributed by atoms with Gasteiger partial charge in [0, 0.05) is 37.1 Å². The summed E-state index contributed by atoms with van der Waals surface area (Å²) in [5.74, 6) is 0.927. The third-order valence-electron chi connectivity index (χ3n) is 8.68. The molecule has 3 fully saturated rings. The van der Waals surface area contributed by atoms with Crippen LogP contribution in [0.3, 0.4) is 0 Å². The van der Waals surface area contributed by atoms with Crippen molar-refractivity contribution in [2.45, 2.75) is 45.7 Å². The van der Waals surface area contributed by atoms with Gasteiger partial charge < -0.3 is 20.3 Å². The highest BCUT2D eigenvalue weighted by Crippen LogP contribution is 2.42. The number of pyridine rings is 1. The van der Waals surface area contributed by atoms with E-state index in [9.17, 15) is 10.1 Å². The second-order valence-electron chi connectivity index (χ2n) is 12.3. The van der Waals surface area contributed by atoms with E-state index in [0.29, 0.717) is 30.6 Å². The Bertz CT molecular complexity index is 1690. The fraction of sp³-hybridized carbons (Fsp3) is 0.467. The van der Waals surface area contributed by atoms with Crippen molar-refractivity contribution in [3.8, 4) is 28.0 Å². The highest BCUT2D eigenvalue weighted by molar-refractivity contribution is 7.18. The number of nitrogens with one attached hydrogen (secondary N) is 2. The molecule has 2 N–H and O–H groups in total. The summed E-state index contributed by atoms with van der Waals surface area (Å²) < 4.78 is 7.10. The molecule has 1 amide bonds. The molecule has 0 spiro atoms. The van der Waals surface area contributed by atoms with Gasteiger partial charge in [0.05, 0.1) is 52.9 Å². The number of amides is 1. The maximum Gasteiger partial charge on any atom is 0.230 e. The number of nitrogens with zero attached hydrogens (tertiary/aromatic N) is 7. The minimum absolute atomic E-state index is 0.124. The summed E-state index contributed by atoms with van der Waals surface area (Å²) in [5.41, 5.74) is 4.41. The minimum Gasteiger partial charge on any atom is -0.382 e. The van der Waals surface area contributed by atoms with E-state index in [1.54, 1.807) is 22.0 Å². The van der Waals surface area contributed by atoms with Gasteiger partial charge in [0.25, 0.3) is 0 Å². The molecule has 12 heteroatoms. The van der Waals surface area contributed by atoms with Crippen LogP contribution in [-0.2, 0) is 9.53 Å². The molecule has 2 aliphatic heterocycles. The van der Waals surface area contributed by atoms with Gasteiger partial charge in [-0.3, -0.25) is 9.78 Å². The van der Waals surface area contributed by atoms with E-state index in [1.807, 2.05) is 37.4 Å². The van der Waals surface area contributed by atoms with Crippen molar-refractivity contribution in [1.29, 1.82) is 5.26 Å². The summed E-state index contributed by atoms with van der Waals surface area (Å²) in [6.07, 6.45) is 5.64. The Balaban J connectivity index is 1.12. The zero-order valence-electron chi connectivity index (χ0n) is 23.9. The number of hydrogen-bond donors (Lipinski definition) is 2. The highest BCUT2D eigenvalue weighted by atomic mass is 32.1. The third kappa shape index (κ3) is 4.66. The number of aromatic nitrogens is 5. The Labute approximate surface area is 247 Å². The Morgan fingerprint density at radius 1 is 1.17 bits per heavy atom. The largest absolute Gasteiger partial charge is 0.382 e. The topological polar surface area (TPSA) is 133 Å². The van der Waals surface area contributed by atoms with Crippen molar-refractivity contribution in [3.05, 3.63) is 42.2 Å². The molecule has 3 aliphatic rings. The van der Waals surface area contributed by atoms with Crippen molar-refractivity contribution in [3.63, 3.8) is 0 Å². The van der Waals surface area contributed by atoms with Crippen LogP contribution in [0.2, 0.25) is 0 Å². The highest BCUT2D eigenvalue weighted by Gasteiger charge is 2.47. The fourth-order valence-corrected chi connectivity index (χ4v) is 7.27. The van der Waals surface area contributed by atoms with Crippen LogP contribution in [0.15, 0.2) is 36.7 Å². The number of ether oxygens (including phenoxy) is 1. The van der Waals surface area contributed by atoms with E-state index >= 15 is 0 Å². The van der Waals surface area contributed by atoms with Gasteiger partial charge in [-0.15, -0.1) is 10.2 Å². The first-order valence-corrected chi connectivity index (χ1v) is 15.3. The predicted molar refractivity (Wildman–Crippen MR) is 160 cm³/mol. The standard InChI is InChI=1S/C30H33N9O2S/c1-17(2)34-23-9-24(25-7-6-21-8-18(10-31)11-33-39(21)25)32-12-22(23)27-36-37-29(42-27)38-13-19-4-5-20(14-38)26(19)35-28(40)30(3)15-41-16-30/h6-9,11-12,17,19-20,26H,4-5,13-16H2,1-3H3,(H,32,34)(H,35,40)/t19-,20+,26?. The van der Waals surface area contributed by atoms with E-state index in [4.69, 9.17) is 9.72 Å². The Hall–Kier alpha value is -4.08. The smallest absolute Gasteiger partial charge is 0.230 e. The van der Waals surface area contributed by atoms with Gasteiger partial charge in [0.1, 0.15) is 6.07 Å². The molecule has 0 radical (unpaired) electrons. The molecule has 1 unspecified atom stereocenters. The number of fused-ring (bicyclic) bond motifs is 3. The van der Waals surface area contributed by atoms with Gasteiger partial charge in [-0.05, 0) is 69.7 Å². The van der Waals surface area contributed by atoms with Gasteiger partial charge in [-0.25, -0.2) is 4.52 Å². The number of nitriles is 1. The molecule has 216 valence electrons. The summed E-state index contributed by atoms with van der Waals surface area (Å²) in [7, 11) is 0. The van der Waals surface area contributed by atoms with Gasteiger partial charge in [-0.1, -0.05) is 11.3 Å². The van der Waals surface area contributed by atoms with E-state index in [-0.39, 0.29) is 23.4 Å². The molecule has 42 heavy (non-hydrogen) atoms. The zero-order valence-corrected chi connectivity index (χ0v) is 24.7. The first-order valence-electron chi connectivity index (χ1n) is 14.4. The number of hydrogen-bond acceptors (Lipinski definition) is 10. The average Bonchev–Trinajstić information content (AvgIpc) is 3.67. The lowest BCUT2D eigenvalue weighted by atomic mass is 9.85. The molecule has 0 aromatic carbocycles. The minimum atomic E-state index is -0.387. The lowest BCUT2D eigenvalue weighted by Gasteiger charge is -2.42. The van der Waals surface area contributed by atoms with Crippen LogP contribution in [0, 0.1) is 28.6 Å². The number of carbonyl (C=O) groups is 1. The first-order chi connectivity index (χ1) is 20.3. The Kier molecular flexibility index (Phi) is 6.59. The van der Waals surface area contributed by atoms with Crippen LogP contribution >= 0.6 is 11.3 Å². The lowest BCUT2D eigenvalue weighted by Crippen LogP contribution is -2.59. The molecule has 7 rings (SSSR count). The third-order valence-corrected chi connectivity index (χ3v) is 9.69. The molecule has 1 aliphatic carbocycles. The molecule has 11 nitrogen and oxygen atoms in total. The van der Waals surface area contributed by atoms with Crippen molar-refractivity contribution < 1.29 is 9.53 Å². The Morgan fingerprint density at radius 2 is 1.95 bits per heavy atom. The van der Waals surface area contributed by atoms with Crippen LogP contribution in [-0.4, -0.2) is 69.1 Å². The maximum absolute atomic E-state index is 12.9. The lowest BCUT2D eigenvalue weighted by molar-refractivity contribution is -0.159. The quantitative estimate of drug-likeness (QED) is 0.331. The molecule has 2 bridgehead atoms. The molecule has 3 atom stereocenters. The molecule has 6 heterocycles. The summed E-state index contributed by atoms with van der Waals surface area (Å²) in [4.78, 5) is 20.0. The van der Waals surface area contributed by atoms with E-state index < -0.39 is 0 Å². The molecule has 1 saturated carbocycles. The van der Waals surface area contributed by atoms with Crippen LogP contribution < -0.4 is 15.5 Å². The summed E-state index contributed by atoms with van der Waals surface area (Å²) in [6, 6.07) is 10.3. The Morgan fingerprint density at radius 3 is 2.64 bits per heavy atom. The number of carbonyl (C=O) groups excluding carboxylic acids is 1. The van der Waals surface area contributed by atoms with E-state index in [2.05, 4.69) is 50.7 Å². The predicted octanol–water partition coefficient (Wildman–Crippen LogP) is 3.97. The molecule has 4 aromatic rings. The molecular weight excluding hydrogens is 550 g/mol. The van der Waals surface area contributed by atoms with Crippen molar-refractivity contribution in [2.24, 2.45) is 17.3 Å². The van der Waals surface area contributed by atoms with E-state index in [1.165, 1.54) is 0 Å². The van der Waals surface area contributed by atoms with Gasteiger partial charge in [-0.2, -0.15) is 10.4 Å². The SMILES string of the molecule is CC(C)Nc1cc(-c2ccc3cc(C#N)cnn23)ncc1-c1nnc(N2C[C@H]3CC[C@@H](C2)C3NC(=O)C2(C)COC2)s1. The van der Waals surface area contributed by atoms with Gasteiger partial charge >= 0.3 is 0 Å². The van der Waals surface area contributed by atoms with E-state index in [0.717, 1.165) is 64.2 Å².